The van der Waals surface area contributed by atoms with E-state index in [-0.39, 0.29) is 11.4 Å². The molecule has 0 aliphatic heterocycles. The predicted octanol–water partition coefficient (Wildman–Crippen LogP) is 3.92. The molecular formula is C22H27BrN2O4S. The molecule has 0 heterocycles. The van der Waals surface area contributed by atoms with Crippen molar-refractivity contribution in [3.8, 4) is 0 Å². The van der Waals surface area contributed by atoms with Gasteiger partial charge in [-0.15, -0.1) is 0 Å². The van der Waals surface area contributed by atoms with E-state index < -0.39 is 38.2 Å². The maximum Gasteiger partial charge on any atom is 0.408 e. The van der Waals surface area contributed by atoms with Crippen molar-refractivity contribution in [1.82, 2.24) is 5.32 Å². The molecule has 1 amide bonds. The summed E-state index contributed by atoms with van der Waals surface area (Å²) in [5.41, 5.74) is 5.97. The number of ether oxygens (including phenoxy) is 1. The van der Waals surface area contributed by atoms with E-state index in [1.807, 2.05) is 31.2 Å². The number of hydrogen-bond acceptors (Lipinski definition) is 5. The van der Waals surface area contributed by atoms with E-state index in [2.05, 4.69) is 21.2 Å². The summed E-state index contributed by atoms with van der Waals surface area (Å²) in [4.78, 5) is 12.8. The number of carbonyl (C=O) groups is 1. The van der Waals surface area contributed by atoms with Crippen molar-refractivity contribution in [2.45, 2.75) is 54.9 Å². The highest BCUT2D eigenvalue weighted by molar-refractivity contribution is 9.10. The molecule has 162 valence electrons. The number of nitrogens with one attached hydrogen (secondary N) is 1. The van der Waals surface area contributed by atoms with Crippen molar-refractivity contribution in [2.75, 3.05) is 6.54 Å². The SMILES string of the molecule is Cc1ccc(S(=O)(=O)[C@@H]2[C@H](c3ccc(Br)cc3)[C@@]2(CN)NC(=O)OC(C)(C)C)cc1. The zero-order valence-electron chi connectivity index (χ0n) is 17.5. The topological polar surface area (TPSA) is 98.5 Å². The second kappa shape index (κ2) is 7.98. The third-order valence-electron chi connectivity index (χ3n) is 5.24. The molecule has 0 bridgehead atoms. The van der Waals surface area contributed by atoms with Gasteiger partial charge in [-0.25, -0.2) is 13.2 Å². The van der Waals surface area contributed by atoms with Crippen LogP contribution in [0.25, 0.3) is 0 Å². The summed E-state index contributed by atoms with van der Waals surface area (Å²) < 4.78 is 33.4. The van der Waals surface area contributed by atoms with E-state index in [0.29, 0.717) is 0 Å². The number of sulfone groups is 1. The van der Waals surface area contributed by atoms with Crippen LogP contribution in [0.1, 0.15) is 37.8 Å². The summed E-state index contributed by atoms with van der Waals surface area (Å²) in [6.07, 6.45) is -0.684. The fourth-order valence-corrected chi connectivity index (χ4v) is 6.42. The molecule has 1 saturated carbocycles. The molecule has 3 atom stereocenters. The third-order valence-corrected chi connectivity index (χ3v) is 8.06. The number of carbonyl (C=O) groups excluding carboxylic acids is 1. The minimum atomic E-state index is -3.76. The lowest BCUT2D eigenvalue weighted by atomic mass is 10.1. The summed E-state index contributed by atoms with van der Waals surface area (Å²) in [6.45, 7) is 7.11. The normalized spacial score (nSPS) is 23.7. The molecule has 3 N–H and O–H groups in total. The lowest BCUT2D eigenvalue weighted by molar-refractivity contribution is 0.0497. The summed E-state index contributed by atoms with van der Waals surface area (Å²) in [5.74, 6) is -0.491. The number of hydrogen-bond donors (Lipinski definition) is 2. The molecule has 8 heteroatoms. The molecule has 2 aromatic carbocycles. The molecular weight excluding hydrogens is 468 g/mol. The van der Waals surface area contributed by atoms with Crippen LogP contribution in [0.2, 0.25) is 0 Å². The molecule has 1 aliphatic rings. The summed E-state index contributed by atoms with van der Waals surface area (Å²) in [6, 6.07) is 14.1. The number of aryl methyl sites for hydroxylation is 1. The standard InChI is InChI=1S/C22H27BrN2O4S/c1-14-5-11-17(12-6-14)30(27,28)19-18(15-7-9-16(23)10-8-15)22(19,13-24)25-20(26)29-21(2,3)4/h5-12,18-19H,13,24H2,1-4H3,(H,25,26)/t18-,19+,22+/m0/s1. The number of rotatable bonds is 5. The number of benzene rings is 2. The molecule has 6 nitrogen and oxygen atoms in total. The lowest BCUT2D eigenvalue weighted by Gasteiger charge is -2.24. The highest BCUT2D eigenvalue weighted by Gasteiger charge is 2.71. The Balaban J connectivity index is 2.03. The number of amides is 1. The largest absolute Gasteiger partial charge is 0.444 e. The highest BCUT2D eigenvalue weighted by atomic mass is 79.9. The summed E-state index contributed by atoms with van der Waals surface area (Å²) in [5, 5.41) is 1.90. The molecule has 0 saturated heterocycles. The van der Waals surface area contributed by atoms with Crippen molar-refractivity contribution in [2.24, 2.45) is 5.73 Å². The monoisotopic (exact) mass is 494 g/mol. The second-order valence-electron chi connectivity index (χ2n) is 8.68. The number of halogens is 1. The maximum absolute atomic E-state index is 13.5. The van der Waals surface area contributed by atoms with Gasteiger partial charge in [0.2, 0.25) is 0 Å². The van der Waals surface area contributed by atoms with Crippen LogP contribution >= 0.6 is 15.9 Å². The van der Waals surface area contributed by atoms with Crippen molar-refractivity contribution in [3.05, 3.63) is 64.1 Å². The van der Waals surface area contributed by atoms with Gasteiger partial charge >= 0.3 is 6.09 Å². The van der Waals surface area contributed by atoms with Gasteiger partial charge < -0.3 is 15.8 Å². The van der Waals surface area contributed by atoms with E-state index in [9.17, 15) is 13.2 Å². The summed E-state index contributed by atoms with van der Waals surface area (Å²) in [7, 11) is -3.76. The van der Waals surface area contributed by atoms with Gasteiger partial charge in [-0.2, -0.15) is 0 Å². The second-order valence-corrected chi connectivity index (χ2v) is 11.7. The first-order chi connectivity index (χ1) is 13.9. The Morgan fingerprint density at radius 3 is 2.20 bits per heavy atom. The number of alkyl carbamates (subject to hydrolysis) is 1. The minimum Gasteiger partial charge on any atom is -0.444 e. The van der Waals surface area contributed by atoms with E-state index in [1.54, 1.807) is 45.0 Å². The fraction of sp³-hybridized carbons (Fsp3) is 0.409. The van der Waals surface area contributed by atoms with Crippen molar-refractivity contribution >= 4 is 31.9 Å². The van der Waals surface area contributed by atoms with Gasteiger partial charge in [-0.3, -0.25) is 0 Å². The molecule has 1 aliphatic carbocycles. The Bertz CT molecular complexity index is 1030. The molecule has 0 unspecified atom stereocenters. The van der Waals surface area contributed by atoms with Crippen LogP contribution in [0.4, 0.5) is 4.79 Å². The molecule has 30 heavy (non-hydrogen) atoms. The zero-order chi connectivity index (χ0) is 22.3. The molecule has 0 aromatic heterocycles. The molecule has 0 spiro atoms. The Morgan fingerprint density at radius 2 is 1.70 bits per heavy atom. The Labute approximate surface area is 186 Å². The van der Waals surface area contributed by atoms with Gasteiger partial charge in [0.25, 0.3) is 0 Å². The van der Waals surface area contributed by atoms with E-state index >= 15 is 0 Å². The first-order valence-electron chi connectivity index (χ1n) is 9.68. The van der Waals surface area contributed by atoms with Crippen LogP contribution in [0.15, 0.2) is 57.9 Å². The third kappa shape index (κ3) is 4.40. The van der Waals surface area contributed by atoms with Gasteiger partial charge in [-0.05, 0) is 57.5 Å². The Morgan fingerprint density at radius 1 is 1.13 bits per heavy atom. The van der Waals surface area contributed by atoms with Crippen LogP contribution in [-0.2, 0) is 14.6 Å². The minimum absolute atomic E-state index is 0.0390. The first-order valence-corrected chi connectivity index (χ1v) is 12.0. The van der Waals surface area contributed by atoms with Crippen LogP contribution in [-0.4, -0.2) is 37.4 Å². The molecule has 3 rings (SSSR count). The van der Waals surface area contributed by atoms with Crippen molar-refractivity contribution < 1.29 is 17.9 Å². The van der Waals surface area contributed by atoms with Crippen molar-refractivity contribution in [3.63, 3.8) is 0 Å². The fourth-order valence-electron chi connectivity index (χ4n) is 3.81. The average molecular weight is 495 g/mol. The van der Waals surface area contributed by atoms with Crippen LogP contribution in [0.3, 0.4) is 0 Å². The highest BCUT2D eigenvalue weighted by Crippen LogP contribution is 2.57. The van der Waals surface area contributed by atoms with Crippen LogP contribution in [0, 0.1) is 6.92 Å². The quantitative estimate of drug-likeness (QED) is 0.655. The van der Waals surface area contributed by atoms with E-state index in [0.717, 1.165) is 15.6 Å². The van der Waals surface area contributed by atoms with Crippen molar-refractivity contribution in [1.29, 1.82) is 0 Å². The van der Waals surface area contributed by atoms with Gasteiger partial charge in [0.15, 0.2) is 9.84 Å². The Kier molecular flexibility index (Phi) is 6.06. The first kappa shape index (κ1) is 22.8. The smallest absolute Gasteiger partial charge is 0.408 e. The predicted molar refractivity (Wildman–Crippen MR) is 120 cm³/mol. The van der Waals surface area contributed by atoms with Gasteiger partial charge in [0.1, 0.15) is 10.9 Å². The average Bonchev–Trinajstić information content (AvgIpc) is 3.30. The maximum atomic E-state index is 13.5. The summed E-state index contributed by atoms with van der Waals surface area (Å²) >= 11 is 3.40. The van der Waals surface area contributed by atoms with Gasteiger partial charge in [-0.1, -0.05) is 45.8 Å². The Hall–Kier alpha value is -1.90. The number of nitrogens with two attached hydrogens (primary N) is 1. The van der Waals surface area contributed by atoms with E-state index in [4.69, 9.17) is 10.5 Å². The van der Waals surface area contributed by atoms with E-state index in [1.165, 1.54) is 0 Å². The van der Waals surface area contributed by atoms with Crippen LogP contribution < -0.4 is 11.1 Å². The molecule has 0 radical (unpaired) electrons. The van der Waals surface area contributed by atoms with Gasteiger partial charge in [0.05, 0.1) is 10.4 Å². The van der Waals surface area contributed by atoms with Crippen LogP contribution in [0.5, 0.6) is 0 Å². The van der Waals surface area contributed by atoms with Gasteiger partial charge in [0, 0.05) is 16.9 Å². The zero-order valence-corrected chi connectivity index (χ0v) is 19.9. The lowest BCUT2D eigenvalue weighted by Crippen LogP contribution is -2.49. The molecule has 1 fully saturated rings. The molecule has 2 aromatic rings.